The number of hydrogen-bond donors (Lipinski definition) is 1. The number of ether oxygens (including phenoxy) is 1. The van der Waals surface area contributed by atoms with Gasteiger partial charge in [-0.15, -0.1) is 0 Å². The highest BCUT2D eigenvalue weighted by atomic mass is 16.5. The molecule has 1 aromatic rings. The van der Waals surface area contributed by atoms with E-state index in [0.717, 1.165) is 25.7 Å². The Labute approximate surface area is 120 Å². The Kier molecular flexibility index (Phi) is 4.95. The van der Waals surface area contributed by atoms with Gasteiger partial charge in [-0.3, -0.25) is 0 Å². The molecule has 0 saturated heterocycles. The Morgan fingerprint density at radius 1 is 1.40 bits per heavy atom. The van der Waals surface area contributed by atoms with Crippen molar-refractivity contribution in [3.63, 3.8) is 0 Å². The fraction of sp³-hybridized carbons (Fsp3) is 0.600. The second-order valence-electron chi connectivity index (χ2n) is 5.27. The van der Waals surface area contributed by atoms with E-state index < -0.39 is 0 Å². The molecule has 1 N–H and O–H groups in total. The van der Waals surface area contributed by atoms with E-state index in [-0.39, 0.29) is 5.97 Å². The van der Waals surface area contributed by atoms with Gasteiger partial charge in [-0.05, 0) is 44.9 Å². The Balaban J connectivity index is 2.13. The maximum Gasteiger partial charge on any atom is 0.341 e. The Morgan fingerprint density at radius 2 is 2.10 bits per heavy atom. The highest BCUT2D eigenvalue weighted by Gasteiger charge is 2.26. The van der Waals surface area contributed by atoms with Crippen molar-refractivity contribution >= 4 is 11.8 Å². The van der Waals surface area contributed by atoms with Crippen LogP contribution in [-0.4, -0.2) is 44.2 Å². The number of aromatic nitrogens is 1. The van der Waals surface area contributed by atoms with Crippen molar-refractivity contribution in [1.29, 1.82) is 0 Å². The third-order valence-corrected chi connectivity index (χ3v) is 4.18. The molecule has 0 aliphatic heterocycles. The van der Waals surface area contributed by atoms with E-state index in [2.05, 4.69) is 15.2 Å². The number of rotatable bonds is 4. The lowest BCUT2D eigenvalue weighted by atomic mass is 9.90. The molecule has 1 fully saturated rings. The summed E-state index contributed by atoms with van der Waals surface area (Å²) in [7, 11) is 5.43. The lowest BCUT2D eigenvalue weighted by Gasteiger charge is -2.35. The summed E-state index contributed by atoms with van der Waals surface area (Å²) < 4.78 is 4.83. The van der Waals surface area contributed by atoms with Gasteiger partial charge < -0.3 is 15.0 Å². The van der Waals surface area contributed by atoms with E-state index in [1.54, 1.807) is 18.3 Å². The molecule has 5 nitrogen and oxygen atoms in total. The second-order valence-corrected chi connectivity index (χ2v) is 5.27. The fourth-order valence-corrected chi connectivity index (χ4v) is 2.87. The highest BCUT2D eigenvalue weighted by Crippen LogP contribution is 2.27. The quantitative estimate of drug-likeness (QED) is 0.851. The maximum absolute atomic E-state index is 11.8. The molecule has 1 heterocycles. The molecular formula is C15H23N3O2. The average Bonchev–Trinajstić information content (AvgIpc) is 2.53. The minimum absolute atomic E-state index is 0.330. The van der Waals surface area contributed by atoms with Crippen LogP contribution in [0.2, 0.25) is 0 Å². The molecule has 5 heteroatoms. The summed E-state index contributed by atoms with van der Waals surface area (Å²) in [5, 5.41) is 3.33. The lowest BCUT2D eigenvalue weighted by molar-refractivity contribution is 0.0601. The molecule has 0 bridgehead atoms. The molecular weight excluding hydrogens is 254 g/mol. The van der Waals surface area contributed by atoms with Crippen LogP contribution in [0.5, 0.6) is 0 Å². The number of pyridine rings is 1. The molecule has 2 rings (SSSR count). The molecule has 0 unspecified atom stereocenters. The Bertz CT molecular complexity index is 456. The van der Waals surface area contributed by atoms with Crippen molar-refractivity contribution in [3.05, 3.63) is 23.9 Å². The number of hydrogen-bond acceptors (Lipinski definition) is 5. The summed E-state index contributed by atoms with van der Waals surface area (Å²) in [6.45, 7) is 0. The largest absolute Gasteiger partial charge is 0.465 e. The van der Waals surface area contributed by atoms with Crippen LogP contribution >= 0.6 is 0 Å². The summed E-state index contributed by atoms with van der Waals surface area (Å²) >= 11 is 0. The zero-order valence-corrected chi connectivity index (χ0v) is 12.4. The summed E-state index contributed by atoms with van der Waals surface area (Å²) in [6.07, 6.45) is 6.26. The molecule has 1 aliphatic rings. The Hall–Kier alpha value is -1.62. The van der Waals surface area contributed by atoms with Gasteiger partial charge in [0.15, 0.2) is 0 Å². The van der Waals surface area contributed by atoms with E-state index in [1.807, 2.05) is 14.1 Å². The monoisotopic (exact) mass is 277 g/mol. The van der Waals surface area contributed by atoms with Crippen molar-refractivity contribution in [2.75, 3.05) is 26.1 Å². The minimum atomic E-state index is -0.330. The van der Waals surface area contributed by atoms with Gasteiger partial charge in [-0.25, -0.2) is 9.78 Å². The predicted octanol–water partition coefficient (Wildman–Crippen LogP) is 1.83. The molecule has 0 radical (unpaired) electrons. The van der Waals surface area contributed by atoms with Gasteiger partial charge in [0.25, 0.3) is 0 Å². The lowest BCUT2D eigenvalue weighted by Crippen LogP contribution is -2.40. The van der Waals surface area contributed by atoms with Crippen LogP contribution in [0.25, 0.3) is 0 Å². The van der Waals surface area contributed by atoms with Gasteiger partial charge in [0.2, 0.25) is 0 Å². The van der Waals surface area contributed by atoms with Gasteiger partial charge in [0.05, 0.1) is 7.11 Å². The fourth-order valence-electron chi connectivity index (χ4n) is 2.87. The van der Waals surface area contributed by atoms with Crippen LogP contribution in [0, 0.1) is 0 Å². The molecule has 110 valence electrons. The highest BCUT2D eigenvalue weighted by molar-refractivity contribution is 5.94. The van der Waals surface area contributed by atoms with Gasteiger partial charge in [0, 0.05) is 25.3 Å². The standard InChI is InChI=1S/C15H23N3O2/c1-16-11-6-8-12(9-7-11)18(2)14-13(15(19)20-3)5-4-10-17-14/h4-5,10-12,16H,6-9H2,1-3H3. The zero-order valence-electron chi connectivity index (χ0n) is 12.4. The van der Waals surface area contributed by atoms with Crippen molar-refractivity contribution in [1.82, 2.24) is 10.3 Å². The number of nitrogens with zero attached hydrogens (tertiary/aromatic N) is 2. The van der Waals surface area contributed by atoms with E-state index in [0.29, 0.717) is 23.5 Å². The smallest absolute Gasteiger partial charge is 0.341 e. The second kappa shape index (κ2) is 6.70. The maximum atomic E-state index is 11.8. The van der Waals surface area contributed by atoms with Crippen LogP contribution in [0.4, 0.5) is 5.82 Å². The predicted molar refractivity (Wildman–Crippen MR) is 79.1 cm³/mol. The number of nitrogens with one attached hydrogen (secondary N) is 1. The van der Waals surface area contributed by atoms with Crippen LogP contribution in [0.3, 0.4) is 0 Å². The first-order valence-electron chi connectivity index (χ1n) is 7.10. The third-order valence-electron chi connectivity index (χ3n) is 4.18. The average molecular weight is 277 g/mol. The molecule has 1 aliphatic carbocycles. The molecule has 0 spiro atoms. The van der Waals surface area contributed by atoms with Crippen molar-refractivity contribution in [3.8, 4) is 0 Å². The summed E-state index contributed by atoms with van der Waals surface area (Å²) in [4.78, 5) is 18.3. The van der Waals surface area contributed by atoms with Crippen LogP contribution in [-0.2, 0) is 4.74 Å². The molecule has 1 saturated carbocycles. The summed E-state index contributed by atoms with van der Waals surface area (Å²) in [6, 6.07) is 4.58. The van der Waals surface area contributed by atoms with Gasteiger partial charge in [-0.2, -0.15) is 0 Å². The number of esters is 1. The van der Waals surface area contributed by atoms with Crippen molar-refractivity contribution in [2.45, 2.75) is 37.8 Å². The van der Waals surface area contributed by atoms with Crippen molar-refractivity contribution in [2.24, 2.45) is 0 Å². The first-order valence-corrected chi connectivity index (χ1v) is 7.10. The van der Waals surface area contributed by atoms with Crippen LogP contribution < -0.4 is 10.2 Å². The summed E-state index contributed by atoms with van der Waals surface area (Å²) in [5.74, 6) is 0.385. The van der Waals surface area contributed by atoms with Gasteiger partial charge in [-0.1, -0.05) is 0 Å². The zero-order chi connectivity index (χ0) is 14.5. The molecule has 0 aromatic carbocycles. The van der Waals surface area contributed by atoms with E-state index in [9.17, 15) is 4.79 Å². The normalized spacial score (nSPS) is 22.4. The summed E-state index contributed by atoms with van der Waals surface area (Å²) in [5.41, 5.74) is 0.535. The number of anilines is 1. The topological polar surface area (TPSA) is 54.5 Å². The first-order chi connectivity index (χ1) is 9.67. The third kappa shape index (κ3) is 3.10. The number of carbonyl (C=O) groups is 1. The number of carbonyl (C=O) groups excluding carboxylic acids is 1. The first kappa shape index (κ1) is 14.8. The van der Waals surface area contributed by atoms with Gasteiger partial charge in [0.1, 0.15) is 11.4 Å². The minimum Gasteiger partial charge on any atom is -0.465 e. The molecule has 1 aromatic heterocycles. The van der Waals surface area contributed by atoms with Gasteiger partial charge >= 0.3 is 5.97 Å². The molecule has 0 amide bonds. The molecule has 20 heavy (non-hydrogen) atoms. The SMILES string of the molecule is CNC1CCC(N(C)c2ncccc2C(=O)OC)CC1. The van der Waals surface area contributed by atoms with Crippen LogP contribution in [0.15, 0.2) is 18.3 Å². The van der Waals surface area contributed by atoms with Crippen molar-refractivity contribution < 1.29 is 9.53 Å². The Morgan fingerprint density at radius 3 is 2.70 bits per heavy atom. The van der Waals surface area contributed by atoms with E-state index in [4.69, 9.17) is 4.74 Å². The number of methoxy groups -OCH3 is 1. The van der Waals surface area contributed by atoms with E-state index in [1.165, 1.54) is 7.11 Å². The van der Waals surface area contributed by atoms with Crippen LogP contribution in [0.1, 0.15) is 36.0 Å². The van der Waals surface area contributed by atoms with E-state index >= 15 is 0 Å². The molecule has 0 atom stereocenters.